The van der Waals surface area contributed by atoms with E-state index >= 15 is 0 Å². The quantitative estimate of drug-likeness (QED) is 0.827. The zero-order chi connectivity index (χ0) is 18.9. The lowest BCUT2D eigenvalue weighted by Gasteiger charge is -2.32. The lowest BCUT2D eigenvalue weighted by Crippen LogP contribution is -2.41. The number of benzene rings is 2. The van der Waals surface area contributed by atoms with Gasteiger partial charge in [0.2, 0.25) is 0 Å². The molecule has 136 valence electrons. The van der Waals surface area contributed by atoms with Crippen molar-refractivity contribution in [3.63, 3.8) is 0 Å². The van der Waals surface area contributed by atoms with Crippen LogP contribution in [0.25, 0.3) is 11.1 Å². The molecule has 6 heteroatoms. The number of hydrogen-bond donors (Lipinski definition) is 2. The van der Waals surface area contributed by atoms with Gasteiger partial charge in [0.1, 0.15) is 0 Å². The van der Waals surface area contributed by atoms with Crippen molar-refractivity contribution in [2.45, 2.75) is 45.4 Å². The van der Waals surface area contributed by atoms with Crippen molar-refractivity contribution >= 4 is 18.7 Å². The summed E-state index contributed by atoms with van der Waals surface area (Å²) < 4.78 is 12.2. The first-order valence-corrected chi connectivity index (χ1v) is 8.70. The van der Waals surface area contributed by atoms with Gasteiger partial charge >= 0.3 is 13.2 Å². The minimum absolute atomic E-state index is 0.302. The van der Waals surface area contributed by atoms with Gasteiger partial charge in [-0.1, -0.05) is 48.5 Å². The predicted molar refractivity (Wildman–Crippen MR) is 102 cm³/mol. The monoisotopic (exact) mass is 353 g/mol. The molecule has 3 rings (SSSR count). The second-order valence-corrected chi connectivity index (χ2v) is 7.57. The van der Waals surface area contributed by atoms with E-state index in [1.165, 1.54) is 0 Å². The second-order valence-electron chi connectivity index (χ2n) is 7.57. The lowest BCUT2D eigenvalue weighted by molar-refractivity contribution is 0.00578. The van der Waals surface area contributed by atoms with Gasteiger partial charge in [0.05, 0.1) is 11.2 Å². The average molecular weight is 353 g/mol. The van der Waals surface area contributed by atoms with Crippen molar-refractivity contribution < 1.29 is 19.2 Å². The Bertz CT molecular complexity index is 768. The molecule has 0 saturated carbocycles. The van der Waals surface area contributed by atoms with E-state index in [2.05, 4.69) is 5.32 Å². The van der Waals surface area contributed by atoms with Gasteiger partial charge in [0.15, 0.2) is 0 Å². The SMILES string of the molecule is CC1(C)OB(c2ccc(-c3ccc(CNC(=O)O)cc3)cc2)OC1(C)C. The molecule has 2 N–H and O–H groups in total. The summed E-state index contributed by atoms with van der Waals surface area (Å²) in [6.45, 7) is 8.48. The molecule has 0 spiro atoms. The molecule has 0 atom stereocenters. The molecule has 1 amide bonds. The molecule has 0 aromatic heterocycles. The highest BCUT2D eigenvalue weighted by Gasteiger charge is 2.51. The minimum Gasteiger partial charge on any atom is -0.465 e. The number of nitrogens with one attached hydrogen (secondary N) is 1. The van der Waals surface area contributed by atoms with Gasteiger partial charge in [-0.3, -0.25) is 0 Å². The molecule has 2 aromatic carbocycles. The fraction of sp³-hybridized carbons (Fsp3) is 0.350. The molecule has 0 unspecified atom stereocenters. The van der Waals surface area contributed by atoms with Gasteiger partial charge in [0.25, 0.3) is 0 Å². The van der Waals surface area contributed by atoms with Crippen molar-refractivity contribution in [1.82, 2.24) is 5.32 Å². The Balaban J connectivity index is 1.71. The normalized spacial score (nSPS) is 17.9. The van der Waals surface area contributed by atoms with Crippen LogP contribution in [0.4, 0.5) is 4.79 Å². The van der Waals surface area contributed by atoms with Crippen molar-refractivity contribution in [3.8, 4) is 11.1 Å². The van der Waals surface area contributed by atoms with Crippen LogP contribution in [-0.4, -0.2) is 29.5 Å². The molecule has 5 nitrogen and oxygen atoms in total. The zero-order valence-electron chi connectivity index (χ0n) is 15.6. The Labute approximate surface area is 154 Å². The van der Waals surface area contributed by atoms with E-state index in [1.54, 1.807) is 0 Å². The van der Waals surface area contributed by atoms with Gasteiger partial charge in [-0.15, -0.1) is 0 Å². The Morgan fingerprint density at radius 3 is 1.85 bits per heavy atom. The Morgan fingerprint density at radius 2 is 1.38 bits per heavy atom. The number of rotatable bonds is 4. The average Bonchev–Trinajstić information content (AvgIpc) is 2.81. The summed E-state index contributed by atoms with van der Waals surface area (Å²) in [6, 6.07) is 16.0. The highest BCUT2D eigenvalue weighted by molar-refractivity contribution is 6.62. The molecule has 0 bridgehead atoms. The summed E-state index contributed by atoms with van der Waals surface area (Å²) >= 11 is 0. The molecule has 1 heterocycles. The third-order valence-corrected chi connectivity index (χ3v) is 5.17. The van der Waals surface area contributed by atoms with Gasteiger partial charge in [0, 0.05) is 6.54 Å². The lowest BCUT2D eigenvalue weighted by atomic mass is 9.78. The summed E-state index contributed by atoms with van der Waals surface area (Å²) in [7, 11) is -0.362. The number of amides is 1. The molecule has 1 aliphatic rings. The van der Waals surface area contributed by atoms with Crippen LogP contribution in [0.3, 0.4) is 0 Å². The summed E-state index contributed by atoms with van der Waals surface area (Å²) in [5.74, 6) is 0. The maximum absolute atomic E-state index is 10.6. The van der Waals surface area contributed by atoms with Crippen molar-refractivity contribution in [2.75, 3.05) is 0 Å². The number of carboxylic acid groups (broad SMARTS) is 1. The molecular weight excluding hydrogens is 329 g/mol. The van der Waals surface area contributed by atoms with Crippen LogP contribution in [0, 0.1) is 0 Å². The van der Waals surface area contributed by atoms with Crippen LogP contribution in [0.2, 0.25) is 0 Å². The van der Waals surface area contributed by atoms with E-state index in [4.69, 9.17) is 14.4 Å². The first-order chi connectivity index (χ1) is 12.2. The molecule has 2 aromatic rings. The van der Waals surface area contributed by atoms with E-state index < -0.39 is 6.09 Å². The summed E-state index contributed by atoms with van der Waals surface area (Å²) in [5.41, 5.74) is 3.37. The first kappa shape index (κ1) is 18.5. The Kier molecular flexibility index (Phi) is 4.82. The maximum atomic E-state index is 10.6. The molecule has 0 radical (unpaired) electrons. The van der Waals surface area contributed by atoms with Crippen molar-refractivity contribution in [2.24, 2.45) is 0 Å². The van der Waals surface area contributed by atoms with E-state index in [9.17, 15) is 4.79 Å². The molecule has 0 aliphatic carbocycles. The third kappa shape index (κ3) is 3.76. The smallest absolute Gasteiger partial charge is 0.465 e. The third-order valence-electron chi connectivity index (χ3n) is 5.17. The van der Waals surface area contributed by atoms with Crippen LogP contribution in [0.15, 0.2) is 48.5 Å². The van der Waals surface area contributed by atoms with Crippen LogP contribution >= 0.6 is 0 Å². The second kappa shape index (κ2) is 6.78. The van der Waals surface area contributed by atoms with Gasteiger partial charge in [-0.05, 0) is 49.8 Å². The minimum atomic E-state index is -1.02. The zero-order valence-corrected chi connectivity index (χ0v) is 15.6. The van der Waals surface area contributed by atoms with Gasteiger partial charge < -0.3 is 19.7 Å². The van der Waals surface area contributed by atoms with Crippen molar-refractivity contribution in [1.29, 1.82) is 0 Å². The number of hydrogen-bond acceptors (Lipinski definition) is 3. The largest absolute Gasteiger partial charge is 0.494 e. The summed E-state index contributed by atoms with van der Waals surface area (Å²) in [6.07, 6.45) is -1.02. The van der Waals surface area contributed by atoms with Gasteiger partial charge in [-0.25, -0.2) is 4.79 Å². The highest BCUT2D eigenvalue weighted by Crippen LogP contribution is 2.36. The Morgan fingerprint density at radius 1 is 0.923 bits per heavy atom. The fourth-order valence-electron chi connectivity index (χ4n) is 2.80. The standard InChI is InChI=1S/C20H24BNO4/c1-19(2)20(3,4)26-21(25-19)17-11-9-16(10-12-17)15-7-5-14(6-8-15)13-22-18(23)24/h5-12,22H,13H2,1-4H3,(H,23,24). The maximum Gasteiger partial charge on any atom is 0.494 e. The first-order valence-electron chi connectivity index (χ1n) is 8.70. The van der Waals surface area contributed by atoms with Gasteiger partial charge in [-0.2, -0.15) is 0 Å². The van der Waals surface area contributed by atoms with Crippen LogP contribution in [-0.2, 0) is 15.9 Å². The van der Waals surface area contributed by atoms with Crippen LogP contribution in [0.5, 0.6) is 0 Å². The molecule has 26 heavy (non-hydrogen) atoms. The summed E-state index contributed by atoms with van der Waals surface area (Å²) in [4.78, 5) is 10.6. The summed E-state index contributed by atoms with van der Waals surface area (Å²) in [5, 5.41) is 11.0. The predicted octanol–water partition coefficient (Wildman–Crippen LogP) is 3.42. The fourth-order valence-corrected chi connectivity index (χ4v) is 2.80. The van der Waals surface area contributed by atoms with E-state index in [-0.39, 0.29) is 18.3 Å². The molecule has 1 aliphatic heterocycles. The van der Waals surface area contributed by atoms with Crippen LogP contribution < -0.4 is 10.8 Å². The highest BCUT2D eigenvalue weighted by atomic mass is 16.7. The topological polar surface area (TPSA) is 67.8 Å². The Hall–Kier alpha value is -2.31. The van der Waals surface area contributed by atoms with Crippen LogP contribution in [0.1, 0.15) is 33.3 Å². The molecule has 1 fully saturated rings. The van der Waals surface area contributed by atoms with E-state index in [0.717, 1.165) is 22.2 Å². The van der Waals surface area contributed by atoms with E-state index in [1.807, 2.05) is 76.2 Å². The van der Waals surface area contributed by atoms with Crippen molar-refractivity contribution in [3.05, 3.63) is 54.1 Å². The number of carbonyl (C=O) groups is 1. The van der Waals surface area contributed by atoms with E-state index in [0.29, 0.717) is 6.54 Å². The molecule has 1 saturated heterocycles. The molecular formula is C20H24BNO4.